The standard InChI is InChI=1S/C17H18ClFN2O4/c18-13-4-1-5-14(19)12(13)6-7-16(23)25-10-15(22)21-8-2-3-11(9-21)17(20)24/h1,4-7,11H,2-3,8-10H2,(H2,20,24)/b7-6+/t11-/m1/s1. The van der Waals surface area contributed by atoms with Crippen LogP contribution < -0.4 is 5.73 Å². The number of halogens is 2. The first kappa shape index (κ1) is 18.9. The van der Waals surface area contributed by atoms with Crippen LogP contribution in [0.4, 0.5) is 4.39 Å². The van der Waals surface area contributed by atoms with Crippen molar-refractivity contribution in [3.63, 3.8) is 0 Å². The van der Waals surface area contributed by atoms with E-state index in [0.29, 0.717) is 19.4 Å². The molecule has 25 heavy (non-hydrogen) atoms. The van der Waals surface area contributed by atoms with Crippen molar-refractivity contribution in [2.45, 2.75) is 12.8 Å². The zero-order valence-electron chi connectivity index (χ0n) is 13.4. The number of likely N-dealkylation sites (tertiary alicyclic amines) is 1. The number of primary amides is 1. The summed E-state index contributed by atoms with van der Waals surface area (Å²) in [6.45, 7) is 0.257. The number of carbonyl (C=O) groups excluding carboxylic acids is 3. The molecule has 0 aromatic heterocycles. The van der Waals surface area contributed by atoms with E-state index in [9.17, 15) is 18.8 Å². The van der Waals surface area contributed by atoms with Crippen LogP contribution in [0.2, 0.25) is 5.02 Å². The molecule has 2 amide bonds. The summed E-state index contributed by atoms with van der Waals surface area (Å²) in [6, 6.07) is 4.15. The van der Waals surface area contributed by atoms with E-state index in [1.165, 1.54) is 29.2 Å². The van der Waals surface area contributed by atoms with E-state index in [1.54, 1.807) is 0 Å². The van der Waals surface area contributed by atoms with E-state index >= 15 is 0 Å². The molecule has 0 bridgehead atoms. The van der Waals surface area contributed by atoms with Crippen LogP contribution in [0.1, 0.15) is 18.4 Å². The van der Waals surface area contributed by atoms with Gasteiger partial charge in [-0.1, -0.05) is 17.7 Å². The minimum Gasteiger partial charge on any atom is -0.452 e. The van der Waals surface area contributed by atoms with Crippen LogP contribution in [0.15, 0.2) is 24.3 Å². The number of nitrogens with zero attached hydrogens (tertiary/aromatic N) is 1. The van der Waals surface area contributed by atoms with Crippen molar-refractivity contribution in [2.75, 3.05) is 19.7 Å². The molecular weight excluding hydrogens is 351 g/mol. The van der Waals surface area contributed by atoms with Crippen molar-refractivity contribution < 1.29 is 23.5 Å². The van der Waals surface area contributed by atoms with Crippen molar-refractivity contribution in [3.8, 4) is 0 Å². The second kappa shape index (κ2) is 8.62. The van der Waals surface area contributed by atoms with Gasteiger partial charge in [0.2, 0.25) is 5.91 Å². The lowest BCUT2D eigenvalue weighted by molar-refractivity contribution is -0.149. The molecule has 0 spiro atoms. The molecule has 134 valence electrons. The minimum atomic E-state index is -0.795. The molecule has 1 aromatic rings. The summed E-state index contributed by atoms with van der Waals surface area (Å²) < 4.78 is 18.4. The van der Waals surface area contributed by atoms with Gasteiger partial charge in [-0.25, -0.2) is 9.18 Å². The highest BCUT2D eigenvalue weighted by atomic mass is 35.5. The molecule has 2 N–H and O–H groups in total. The van der Waals surface area contributed by atoms with Crippen molar-refractivity contribution in [1.29, 1.82) is 0 Å². The number of amides is 2. The van der Waals surface area contributed by atoms with Crippen LogP contribution >= 0.6 is 11.6 Å². The lowest BCUT2D eigenvalue weighted by atomic mass is 9.97. The molecule has 1 atom stereocenters. The highest BCUT2D eigenvalue weighted by Gasteiger charge is 2.27. The summed E-state index contributed by atoms with van der Waals surface area (Å²) in [4.78, 5) is 36.4. The first-order valence-electron chi connectivity index (χ1n) is 7.74. The lowest BCUT2D eigenvalue weighted by Crippen LogP contribution is -2.45. The Bertz CT molecular complexity index is 688. The Morgan fingerprint density at radius 2 is 2.16 bits per heavy atom. The van der Waals surface area contributed by atoms with Gasteiger partial charge >= 0.3 is 5.97 Å². The van der Waals surface area contributed by atoms with E-state index in [1.807, 2.05) is 0 Å². The predicted molar refractivity (Wildman–Crippen MR) is 89.9 cm³/mol. The molecule has 0 unspecified atom stereocenters. The Morgan fingerprint density at radius 3 is 2.84 bits per heavy atom. The molecule has 8 heteroatoms. The molecule has 1 aliphatic rings. The fourth-order valence-electron chi connectivity index (χ4n) is 2.53. The molecule has 1 aromatic carbocycles. The number of hydrogen-bond acceptors (Lipinski definition) is 4. The van der Waals surface area contributed by atoms with E-state index < -0.39 is 30.2 Å². The van der Waals surface area contributed by atoms with Gasteiger partial charge in [0.15, 0.2) is 6.61 Å². The van der Waals surface area contributed by atoms with Crippen LogP contribution in [0.25, 0.3) is 6.08 Å². The van der Waals surface area contributed by atoms with Crippen LogP contribution in [0.5, 0.6) is 0 Å². The summed E-state index contributed by atoms with van der Waals surface area (Å²) in [5.41, 5.74) is 5.32. The van der Waals surface area contributed by atoms with Gasteiger partial charge in [0.1, 0.15) is 5.82 Å². The normalized spacial score (nSPS) is 17.5. The second-order valence-corrected chi connectivity index (χ2v) is 6.06. The number of carbonyl (C=O) groups is 3. The summed E-state index contributed by atoms with van der Waals surface area (Å²) in [7, 11) is 0. The Labute approximate surface area is 149 Å². The number of esters is 1. The quantitative estimate of drug-likeness (QED) is 0.633. The molecule has 1 heterocycles. The number of nitrogens with two attached hydrogens (primary N) is 1. The Kier molecular flexibility index (Phi) is 6.52. The maximum absolute atomic E-state index is 13.6. The third-order valence-corrected chi connectivity index (χ3v) is 4.23. The highest BCUT2D eigenvalue weighted by molar-refractivity contribution is 6.32. The average molecular weight is 369 g/mol. The number of hydrogen-bond donors (Lipinski definition) is 1. The lowest BCUT2D eigenvalue weighted by Gasteiger charge is -2.30. The average Bonchev–Trinajstić information content (AvgIpc) is 2.59. The first-order chi connectivity index (χ1) is 11.9. The van der Waals surface area contributed by atoms with Crippen molar-refractivity contribution in [2.24, 2.45) is 11.7 Å². The summed E-state index contributed by atoms with van der Waals surface area (Å²) in [6.07, 6.45) is 3.50. The van der Waals surface area contributed by atoms with Crippen LogP contribution in [0, 0.1) is 11.7 Å². The van der Waals surface area contributed by atoms with E-state index in [0.717, 1.165) is 6.08 Å². The molecule has 1 fully saturated rings. The second-order valence-electron chi connectivity index (χ2n) is 5.66. The van der Waals surface area contributed by atoms with Crippen LogP contribution in [-0.4, -0.2) is 42.4 Å². The van der Waals surface area contributed by atoms with Crippen LogP contribution in [0.3, 0.4) is 0 Å². The molecule has 0 aliphatic carbocycles. The molecule has 0 radical (unpaired) electrons. The van der Waals surface area contributed by atoms with Gasteiger partial charge in [0.05, 0.1) is 10.9 Å². The SMILES string of the molecule is NC(=O)[C@@H]1CCCN(C(=O)COC(=O)/C=C/c2c(F)cccc2Cl)C1. The van der Waals surface area contributed by atoms with Crippen molar-refractivity contribution >= 4 is 35.5 Å². The van der Waals surface area contributed by atoms with E-state index in [-0.39, 0.29) is 23.0 Å². The van der Waals surface area contributed by atoms with Gasteiger partial charge in [0.25, 0.3) is 5.91 Å². The maximum Gasteiger partial charge on any atom is 0.331 e. The zero-order chi connectivity index (χ0) is 18.4. The number of rotatable bonds is 5. The van der Waals surface area contributed by atoms with Gasteiger partial charge < -0.3 is 15.4 Å². The third-order valence-electron chi connectivity index (χ3n) is 3.90. The number of benzene rings is 1. The molecule has 1 aliphatic heterocycles. The zero-order valence-corrected chi connectivity index (χ0v) is 14.2. The fourth-order valence-corrected chi connectivity index (χ4v) is 2.76. The molecule has 6 nitrogen and oxygen atoms in total. The van der Waals surface area contributed by atoms with Crippen molar-refractivity contribution in [3.05, 3.63) is 40.7 Å². The number of piperidine rings is 1. The van der Waals surface area contributed by atoms with Gasteiger partial charge in [-0.15, -0.1) is 0 Å². The van der Waals surface area contributed by atoms with Gasteiger partial charge in [0, 0.05) is 24.7 Å². The Balaban J connectivity index is 1.86. The third kappa shape index (κ3) is 5.29. The molecule has 2 rings (SSSR count). The van der Waals surface area contributed by atoms with Gasteiger partial charge in [-0.05, 0) is 31.1 Å². The summed E-state index contributed by atoms with van der Waals surface area (Å²) in [5, 5.41) is 0.158. The summed E-state index contributed by atoms with van der Waals surface area (Å²) >= 11 is 5.84. The fraction of sp³-hybridized carbons (Fsp3) is 0.353. The smallest absolute Gasteiger partial charge is 0.331 e. The molecular formula is C17H18ClFN2O4. The van der Waals surface area contributed by atoms with Crippen molar-refractivity contribution in [1.82, 2.24) is 4.90 Å². The van der Waals surface area contributed by atoms with Gasteiger partial charge in [-0.2, -0.15) is 0 Å². The minimum absolute atomic E-state index is 0.0628. The predicted octanol–water partition coefficient (Wildman–Crippen LogP) is 1.76. The maximum atomic E-state index is 13.6. The van der Waals surface area contributed by atoms with E-state index in [2.05, 4.69) is 0 Å². The Morgan fingerprint density at radius 1 is 1.40 bits per heavy atom. The largest absolute Gasteiger partial charge is 0.452 e. The topological polar surface area (TPSA) is 89.7 Å². The highest BCUT2D eigenvalue weighted by Crippen LogP contribution is 2.20. The summed E-state index contributed by atoms with van der Waals surface area (Å²) in [5.74, 6) is -2.60. The van der Waals surface area contributed by atoms with Gasteiger partial charge in [-0.3, -0.25) is 9.59 Å². The molecule has 0 saturated carbocycles. The van der Waals surface area contributed by atoms with Crippen LogP contribution in [-0.2, 0) is 19.1 Å². The monoisotopic (exact) mass is 368 g/mol. The number of ether oxygens (including phenoxy) is 1. The Hall–Kier alpha value is -2.41. The first-order valence-corrected chi connectivity index (χ1v) is 8.12. The van der Waals surface area contributed by atoms with E-state index in [4.69, 9.17) is 22.1 Å². The molecule has 1 saturated heterocycles.